The fraction of sp³-hybridized carbons (Fsp3) is 0.222. The second kappa shape index (κ2) is 6.31. The highest BCUT2D eigenvalue weighted by molar-refractivity contribution is 6.42. The van der Waals surface area contributed by atoms with Crippen molar-refractivity contribution in [3.8, 4) is 0 Å². The summed E-state index contributed by atoms with van der Waals surface area (Å²) >= 11 is 0. The van der Waals surface area contributed by atoms with E-state index in [1.165, 1.54) is 30.0 Å². The fourth-order valence-electron chi connectivity index (χ4n) is 3.05. The largest absolute Gasteiger partial charge is 0.323 e. The van der Waals surface area contributed by atoms with E-state index >= 15 is 0 Å². The monoisotopic (exact) mass is 326 g/mol. The number of nitrogens with zero attached hydrogens (tertiary/aromatic N) is 2. The van der Waals surface area contributed by atoms with E-state index in [0.717, 1.165) is 5.56 Å². The molecule has 1 aromatic heterocycles. The average Bonchev–Trinajstić information content (AvgIpc) is 2.81. The molecule has 1 amide bonds. The summed E-state index contributed by atoms with van der Waals surface area (Å²) in [4.78, 5) is 42.0. The highest BCUT2D eigenvalue weighted by Gasteiger charge is 2.50. The van der Waals surface area contributed by atoms with Crippen molar-refractivity contribution in [2.45, 2.75) is 19.5 Å². The van der Waals surface area contributed by atoms with Crippen molar-refractivity contribution in [3.63, 3.8) is 0 Å². The number of amides is 1. The number of likely N-dealkylation sites (tertiary alicyclic amines) is 1. The zero-order valence-corrected chi connectivity index (χ0v) is 13.0. The van der Waals surface area contributed by atoms with Gasteiger partial charge in [-0.05, 0) is 36.2 Å². The molecule has 1 aliphatic rings. The first-order valence-corrected chi connectivity index (χ1v) is 7.48. The number of ketones is 2. The van der Waals surface area contributed by atoms with Crippen molar-refractivity contribution in [1.29, 1.82) is 0 Å². The molecule has 2 heterocycles. The van der Waals surface area contributed by atoms with Gasteiger partial charge in [-0.25, -0.2) is 4.39 Å². The maximum atomic E-state index is 13.6. The molecule has 2 unspecified atom stereocenters. The lowest BCUT2D eigenvalue weighted by Gasteiger charge is -2.26. The topological polar surface area (TPSA) is 67.3 Å². The number of halogens is 1. The van der Waals surface area contributed by atoms with Crippen LogP contribution in [0.5, 0.6) is 0 Å². The van der Waals surface area contributed by atoms with E-state index < -0.39 is 35.3 Å². The molecule has 1 aliphatic heterocycles. The van der Waals surface area contributed by atoms with Crippen LogP contribution in [0.1, 0.15) is 24.1 Å². The van der Waals surface area contributed by atoms with Gasteiger partial charge in [0.1, 0.15) is 17.5 Å². The second-order valence-electron chi connectivity index (χ2n) is 5.75. The molecule has 0 N–H and O–H groups in total. The van der Waals surface area contributed by atoms with Gasteiger partial charge in [0.15, 0.2) is 0 Å². The standard InChI is InChI=1S/C18H15FN2O3/c1-11(22)15-16(13-5-2-6-14(19)8-13)21(18(24)17(15)23)10-12-4-3-7-20-9-12/h2-9,15-16H,10H2,1H3. The van der Waals surface area contributed by atoms with Crippen LogP contribution in [0.3, 0.4) is 0 Å². The lowest BCUT2D eigenvalue weighted by atomic mass is 9.90. The van der Waals surface area contributed by atoms with Gasteiger partial charge in [0.05, 0.1) is 6.04 Å². The molecular formula is C18H15FN2O3. The van der Waals surface area contributed by atoms with E-state index in [4.69, 9.17) is 0 Å². The smallest absolute Gasteiger partial charge is 0.291 e. The SMILES string of the molecule is CC(=O)C1C(=O)C(=O)N(Cc2cccnc2)C1c1cccc(F)c1. The molecule has 122 valence electrons. The summed E-state index contributed by atoms with van der Waals surface area (Å²) in [6.07, 6.45) is 3.18. The van der Waals surface area contributed by atoms with Gasteiger partial charge in [-0.2, -0.15) is 0 Å². The molecule has 24 heavy (non-hydrogen) atoms. The summed E-state index contributed by atoms with van der Waals surface area (Å²) in [5, 5.41) is 0. The Hall–Kier alpha value is -2.89. The minimum Gasteiger partial charge on any atom is -0.323 e. The predicted molar refractivity (Wildman–Crippen MR) is 83.1 cm³/mol. The lowest BCUT2D eigenvalue weighted by molar-refractivity contribution is -0.142. The van der Waals surface area contributed by atoms with Crippen molar-refractivity contribution in [2.75, 3.05) is 0 Å². The van der Waals surface area contributed by atoms with E-state index in [-0.39, 0.29) is 6.54 Å². The highest BCUT2D eigenvalue weighted by Crippen LogP contribution is 2.37. The van der Waals surface area contributed by atoms with Crippen molar-refractivity contribution in [1.82, 2.24) is 9.88 Å². The van der Waals surface area contributed by atoms with Gasteiger partial charge < -0.3 is 4.90 Å². The maximum absolute atomic E-state index is 13.6. The van der Waals surface area contributed by atoms with Crippen molar-refractivity contribution < 1.29 is 18.8 Å². The molecule has 0 spiro atoms. The van der Waals surface area contributed by atoms with E-state index in [1.54, 1.807) is 30.6 Å². The van der Waals surface area contributed by atoms with Gasteiger partial charge in [-0.1, -0.05) is 18.2 Å². The van der Waals surface area contributed by atoms with Crippen molar-refractivity contribution >= 4 is 17.5 Å². The zero-order valence-electron chi connectivity index (χ0n) is 13.0. The summed E-state index contributed by atoms with van der Waals surface area (Å²) in [6, 6.07) is 8.33. The van der Waals surface area contributed by atoms with Gasteiger partial charge in [0.25, 0.3) is 5.91 Å². The van der Waals surface area contributed by atoms with Gasteiger partial charge in [0.2, 0.25) is 5.78 Å². The van der Waals surface area contributed by atoms with Crippen LogP contribution in [0.2, 0.25) is 0 Å². The molecule has 2 aromatic rings. The summed E-state index contributed by atoms with van der Waals surface area (Å²) in [7, 11) is 0. The number of aromatic nitrogens is 1. The molecule has 1 saturated heterocycles. The number of pyridine rings is 1. The van der Waals surface area contributed by atoms with Crippen LogP contribution in [0, 0.1) is 11.7 Å². The number of carbonyl (C=O) groups excluding carboxylic acids is 3. The average molecular weight is 326 g/mol. The van der Waals surface area contributed by atoms with Crippen molar-refractivity contribution in [3.05, 3.63) is 65.7 Å². The first-order valence-electron chi connectivity index (χ1n) is 7.48. The lowest BCUT2D eigenvalue weighted by Crippen LogP contribution is -2.30. The Bertz CT molecular complexity index is 807. The quantitative estimate of drug-likeness (QED) is 0.637. The summed E-state index contributed by atoms with van der Waals surface area (Å²) in [6.45, 7) is 1.40. The predicted octanol–water partition coefficient (Wildman–Crippen LogP) is 2.08. The molecule has 1 fully saturated rings. The highest BCUT2D eigenvalue weighted by atomic mass is 19.1. The van der Waals surface area contributed by atoms with Crippen LogP contribution >= 0.6 is 0 Å². The summed E-state index contributed by atoms with van der Waals surface area (Å²) < 4.78 is 13.6. The summed E-state index contributed by atoms with van der Waals surface area (Å²) in [5.74, 6) is -3.48. The van der Waals surface area contributed by atoms with Crippen LogP contribution in [0.15, 0.2) is 48.8 Å². The number of hydrogen-bond acceptors (Lipinski definition) is 4. The van der Waals surface area contributed by atoms with Crippen LogP contribution in [-0.2, 0) is 20.9 Å². The Morgan fingerprint density at radius 2 is 2.04 bits per heavy atom. The number of rotatable bonds is 4. The molecular weight excluding hydrogens is 311 g/mol. The van der Waals surface area contributed by atoms with E-state index in [2.05, 4.69) is 4.98 Å². The molecule has 3 rings (SSSR count). The fourth-order valence-corrected chi connectivity index (χ4v) is 3.05. The van der Waals surface area contributed by atoms with Gasteiger partial charge in [0, 0.05) is 18.9 Å². The zero-order chi connectivity index (χ0) is 17.3. The number of Topliss-reactive ketones (excluding diaryl/α,β-unsaturated/α-hetero) is 2. The Labute approximate surface area is 138 Å². The third-order valence-corrected chi connectivity index (χ3v) is 4.11. The van der Waals surface area contributed by atoms with E-state index in [0.29, 0.717) is 5.56 Å². The molecule has 5 nitrogen and oxygen atoms in total. The van der Waals surface area contributed by atoms with Gasteiger partial charge in [-0.15, -0.1) is 0 Å². The molecule has 0 bridgehead atoms. The molecule has 0 aliphatic carbocycles. The minimum atomic E-state index is -1.11. The third kappa shape index (κ3) is 2.82. The first kappa shape index (κ1) is 16.0. The molecule has 1 aromatic carbocycles. The van der Waals surface area contributed by atoms with Crippen LogP contribution < -0.4 is 0 Å². The molecule has 2 atom stereocenters. The van der Waals surface area contributed by atoms with Crippen LogP contribution in [-0.4, -0.2) is 27.4 Å². The molecule has 0 radical (unpaired) electrons. The van der Waals surface area contributed by atoms with Gasteiger partial charge >= 0.3 is 0 Å². The molecule has 0 saturated carbocycles. The number of hydrogen-bond donors (Lipinski definition) is 0. The van der Waals surface area contributed by atoms with Crippen LogP contribution in [0.25, 0.3) is 0 Å². The van der Waals surface area contributed by atoms with E-state index in [1.807, 2.05) is 0 Å². The van der Waals surface area contributed by atoms with Crippen molar-refractivity contribution in [2.24, 2.45) is 5.92 Å². The number of carbonyl (C=O) groups is 3. The first-order chi connectivity index (χ1) is 11.5. The normalized spacial score (nSPS) is 20.5. The Kier molecular flexibility index (Phi) is 4.20. The third-order valence-electron chi connectivity index (χ3n) is 4.11. The Morgan fingerprint density at radius 3 is 2.67 bits per heavy atom. The minimum absolute atomic E-state index is 0.128. The summed E-state index contributed by atoms with van der Waals surface area (Å²) in [5.41, 5.74) is 1.16. The van der Waals surface area contributed by atoms with Crippen LogP contribution in [0.4, 0.5) is 4.39 Å². The van der Waals surface area contributed by atoms with E-state index in [9.17, 15) is 18.8 Å². The van der Waals surface area contributed by atoms with Gasteiger partial charge in [-0.3, -0.25) is 19.4 Å². The molecule has 6 heteroatoms. The number of benzene rings is 1. The second-order valence-corrected chi connectivity index (χ2v) is 5.75. The Balaban J connectivity index is 2.05. The maximum Gasteiger partial charge on any atom is 0.291 e. The Morgan fingerprint density at radius 1 is 1.25 bits per heavy atom.